The summed E-state index contributed by atoms with van der Waals surface area (Å²) in [5, 5.41) is 4.10. The third kappa shape index (κ3) is 3.88. The molecule has 8 heteroatoms. The van der Waals surface area contributed by atoms with Crippen LogP contribution in [0.25, 0.3) is 11.3 Å². The Morgan fingerprint density at radius 1 is 1.15 bits per heavy atom. The van der Waals surface area contributed by atoms with Crippen molar-refractivity contribution in [1.82, 2.24) is 0 Å². The molecule has 1 aromatic carbocycles. The average Bonchev–Trinajstić information content (AvgIpc) is 3.22. The quantitative estimate of drug-likeness (QED) is 0.524. The molecule has 3 rings (SSSR count). The zero-order valence-electron chi connectivity index (χ0n) is 14.7. The van der Waals surface area contributed by atoms with Gasteiger partial charge in [-0.3, -0.25) is 4.79 Å². The molecular weight excluding hydrogens is 409 g/mol. The summed E-state index contributed by atoms with van der Waals surface area (Å²) in [6, 6.07) is 8.15. The van der Waals surface area contributed by atoms with E-state index in [9.17, 15) is 9.59 Å². The zero-order valence-corrected chi connectivity index (χ0v) is 17.0. The lowest BCUT2D eigenvalue weighted by Crippen LogP contribution is -2.13. The number of hydrogen-bond donors (Lipinski definition) is 1. The van der Waals surface area contributed by atoms with E-state index in [1.54, 1.807) is 31.2 Å². The van der Waals surface area contributed by atoms with Gasteiger partial charge in [0.1, 0.15) is 10.8 Å². The third-order valence-electron chi connectivity index (χ3n) is 4.03. The highest BCUT2D eigenvalue weighted by molar-refractivity contribution is 7.16. The van der Waals surface area contributed by atoms with Crippen LogP contribution in [0.4, 0.5) is 5.00 Å². The van der Waals surface area contributed by atoms with E-state index in [0.29, 0.717) is 31.9 Å². The Morgan fingerprint density at radius 2 is 1.89 bits per heavy atom. The average molecular weight is 424 g/mol. The number of benzene rings is 1. The molecule has 0 fully saturated rings. The van der Waals surface area contributed by atoms with Crippen LogP contribution >= 0.6 is 34.5 Å². The van der Waals surface area contributed by atoms with Crippen LogP contribution in [0.15, 0.2) is 34.7 Å². The van der Waals surface area contributed by atoms with Crippen molar-refractivity contribution in [3.05, 3.63) is 62.1 Å². The fraction of sp³-hybridized carbons (Fsp3) is 0.158. The van der Waals surface area contributed by atoms with Gasteiger partial charge in [-0.05, 0) is 49.7 Å². The minimum atomic E-state index is -0.502. The summed E-state index contributed by atoms with van der Waals surface area (Å²) in [5.74, 6) is -0.483. The van der Waals surface area contributed by atoms with Crippen LogP contribution in [-0.4, -0.2) is 19.0 Å². The summed E-state index contributed by atoms with van der Waals surface area (Å²) < 4.78 is 10.4. The highest BCUT2D eigenvalue weighted by atomic mass is 35.5. The molecule has 0 atom stereocenters. The second-order valence-corrected chi connectivity index (χ2v) is 7.79. The molecule has 0 aliphatic rings. The molecule has 5 nitrogen and oxygen atoms in total. The van der Waals surface area contributed by atoms with E-state index in [4.69, 9.17) is 32.4 Å². The Balaban J connectivity index is 1.89. The minimum Gasteiger partial charge on any atom is -0.465 e. The van der Waals surface area contributed by atoms with Crippen LogP contribution in [0.3, 0.4) is 0 Å². The normalized spacial score (nSPS) is 10.7. The zero-order chi connectivity index (χ0) is 19.7. The second-order valence-electron chi connectivity index (χ2n) is 5.72. The van der Waals surface area contributed by atoms with E-state index >= 15 is 0 Å². The smallest absolute Gasteiger partial charge is 0.341 e. The number of nitrogens with one attached hydrogen (secondary N) is 1. The highest BCUT2D eigenvalue weighted by Gasteiger charge is 2.23. The molecule has 0 aliphatic carbocycles. The van der Waals surface area contributed by atoms with Crippen LogP contribution in [0.1, 0.15) is 31.4 Å². The maximum absolute atomic E-state index is 12.6. The van der Waals surface area contributed by atoms with Crippen molar-refractivity contribution in [3.63, 3.8) is 0 Å². The van der Waals surface area contributed by atoms with E-state index in [1.807, 2.05) is 6.92 Å². The number of carbonyl (C=O) groups is 2. The lowest BCUT2D eigenvalue weighted by atomic mass is 10.1. The minimum absolute atomic E-state index is 0.0839. The van der Waals surface area contributed by atoms with Gasteiger partial charge in [0, 0.05) is 15.5 Å². The summed E-state index contributed by atoms with van der Waals surface area (Å²) in [5.41, 5.74) is 1.70. The summed E-state index contributed by atoms with van der Waals surface area (Å²) in [4.78, 5) is 25.5. The predicted octanol–water partition coefficient (Wildman–Crippen LogP) is 5.97. The van der Waals surface area contributed by atoms with Crippen molar-refractivity contribution >= 4 is 51.4 Å². The van der Waals surface area contributed by atoms with Crippen LogP contribution in [0, 0.1) is 13.8 Å². The molecule has 140 valence electrons. The van der Waals surface area contributed by atoms with Crippen LogP contribution in [-0.2, 0) is 4.74 Å². The van der Waals surface area contributed by atoms with Crippen molar-refractivity contribution in [2.75, 3.05) is 12.4 Å². The maximum Gasteiger partial charge on any atom is 0.341 e. The van der Waals surface area contributed by atoms with E-state index in [2.05, 4.69) is 5.32 Å². The number of thiophene rings is 1. The molecule has 1 amide bonds. The van der Waals surface area contributed by atoms with Crippen molar-refractivity contribution in [3.8, 4) is 11.3 Å². The first-order chi connectivity index (χ1) is 12.8. The van der Waals surface area contributed by atoms with Crippen LogP contribution < -0.4 is 5.32 Å². The van der Waals surface area contributed by atoms with E-state index < -0.39 is 11.9 Å². The molecule has 1 N–H and O–H groups in total. The first-order valence-electron chi connectivity index (χ1n) is 7.86. The van der Waals surface area contributed by atoms with Gasteiger partial charge in [0.25, 0.3) is 5.91 Å². The number of aryl methyl sites for hydroxylation is 1. The van der Waals surface area contributed by atoms with Gasteiger partial charge in [-0.2, -0.15) is 0 Å². The van der Waals surface area contributed by atoms with Gasteiger partial charge in [-0.25, -0.2) is 4.79 Å². The predicted molar refractivity (Wildman–Crippen MR) is 107 cm³/mol. The fourth-order valence-electron chi connectivity index (χ4n) is 2.52. The number of anilines is 1. The summed E-state index contributed by atoms with van der Waals surface area (Å²) in [7, 11) is 1.30. The molecule has 2 aromatic heterocycles. The Kier molecular flexibility index (Phi) is 5.60. The van der Waals surface area contributed by atoms with Gasteiger partial charge in [0.05, 0.1) is 17.7 Å². The van der Waals surface area contributed by atoms with Crippen LogP contribution in [0.5, 0.6) is 0 Å². The summed E-state index contributed by atoms with van der Waals surface area (Å²) >= 11 is 13.5. The molecule has 0 saturated carbocycles. The number of furan rings is 1. The molecule has 0 spiro atoms. The van der Waals surface area contributed by atoms with Gasteiger partial charge < -0.3 is 14.5 Å². The molecular formula is C19H15Cl2NO4S. The summed E-state index contributed by atoms with van der Waals surface area (Å²) in [6.07, 6.45) is 0. The van der Waals surface area contributed by atoms with Crippen LogP contribution in [0.2, 0.25) is 10.0 Å². The van der Waals surface area contributed by atoms with Gasteiger partial charge in [-0.1, -0.05) is 23.2 Å². The number of ether oxygens (including phenoxy) is 1. The number of carbonyl (C=O) groups excluding carboxylic acids is 2. The lowest BCUT2D eigenvalue weighted by molar-refractivity contribution is 0.0601. The van der Waals surface area contributed by atoms with E-state index in [1.165, 1.54) is 24.5 Å². The number of methoxy groups -OCH3 is 1. The largest absolute Gasteiger partial charge is 0.465 e. The van der Waals surface area contributed by atoms with E-state index in [0.717, 1.165) is 10.4 Å². The fourth-order valence-corrected chi connectivity index (χ4v) is 3.94. The maximum atomic E-state index is 12.6. The number of esters is 1. The lowest BCUT2D eigenvalue weighted by Gasteiger charge is -2.05. The van der Waals surface area contributed by atoms with Gasteiger partial charge in [-0.15, -0.1) is 11.3 Å². The SMILES string of the molecule is COC(=O)c1c(NC(=O)c2ccc(-c3cc(Cl)ccc3Cl)o2)sc(C)c1C. The molecule has 27 heavy (non-hydrogen) atoms. The monoisotopic (exact) mass is 423 g/mol. The van der Waals surface area contributed by atoms with Gasteiger partial charge in [0.15, 0.2) is 5.76 Å². The van der Waals surface area contributed by atoms with Crippen molar-refractivity contribution < 1.29 is 18.7 Å². The van der Waals surface area contributed by atoms with E-state index in [-0.39, 0.29) is 5.76 Å². The number of hydrogen-bond acceptors (Lipinski definition) is 5. The Morgan fingerprint density at radius 3 is 2.59 bits per heavy atom. The first kappa shape index (κ1) is 19.5. The Hall–Kier alpha value is -2.28. The molecule has 0 bridgehead atoms. The first-order valence-corrected chi connectivity index (χ1v) is 9.44. The van der Waals surface area contributed by atoms with Crippen molar-refractivity contribution in [2.24, 2.45) is 0 Å². The molecule has 0 saturated heterocycles. The molecule has 0 radical (unpaired) electrons. The Bertz CT molecular complexity index is 1040. The van der Waals surface area contributed by atoms with Gasteiger partial charge >= 0.3 is 5.97 Å². The highest BCUT2D eigenvalue weighted by Crippen LogP contribution is 2.34. The third-order valence-corrected chi connectivity index (χ3v) is 5.71. The molecule has 0 unspecified atom stereocenters. The molecule has 3 aromatic rings. The number of rotatable bonds is 4. The Labute approximate surface area is 169 Å². The van der Waals surface area contributed by atoms with Crippen molar-refractivity contribution in [1.29, 1.82) is 0 Å². The molecule has 0 aliphatic heterocycles. The number of amides is 1. The topological polar surface area (TPSA) is 68.5 Å². The second kappa shape index (κ2) is 7.76. The standard InChI is InChI=1S/C19H15Cl2NO4S/c1-9-10(2)27-18(16(9)19(24)25-3)22-17(23)15-7-6-14(26-15)12-8-11(20)4-5-13(12)21/h4-8H,1-3H3,(H,22,23). The summed E-state index contributed by atoms with van der Waals surface area (Å²) in [6.45, 7) is 3.67. The van der Waals surface area contributed by atoms with Gasteiger partial charge in [0.2, 0.25) is 0 Å². The number of halogens is 2. The molecule has 2 heterocycles. The van der Waals surface area contributed by atoms with Crippen molar-refractivity contribution in [2.45, 2.75) is 13.8 Å².